The molecule has 1 aromatic carbocycles. The highest BCUT2D eigenvalue weighted by Gasteiger charge is 2.24. The fourth-order valence-electron chi connectivity index (χ4n) is 2.54. The van der Waals surface area contributed by atoms with Gasteiger partial charge in [-0.15, -0.1) is 11.3 Å². The molecule has 29 heavy (non-hydrogen) atoms. The maximum atomic E-state index is 12.3. The van der Waals surface area contributed by atoms with E-state index in [-0.39, 0.29) is 40.9 Å². The van der Waals surface area contributed by atoms with Crippen LogP contribution in [0.4, 0.5) is 16.4 Å². The maximum Gasteiger partial charge on any atom is 0.341 e. The summed E-state index contributed by atoms with van der Waals surface area (Å²) in [5.41, 5.74) is 0.303. The predicted octanol–water partition coefficient (Wildman–Crippen LogP) is 4.05. The van der Waals surface area contributed by atoms with Crippen molar-refractivity contribution >= 4 is 57.0 Å². The summed E-state index contributed by atoms with van der Waals surface area (Å²) in [6, 6.07) is 3.87. The van der Waals surface area contributed by atoms with E-state index in [2.05, 4.69) is 10.6 Å². The number of rotatable bonds is 8. The zero-order chi connectivity index (χ0) is 21.7. The van der Waals surface area contributed by atoms with Crippen molar-refractivity contribution in [3.8, 4) is 0 Å². The van der Waals surface area contributed by atoms with E-state index in [1.54, 1.807) is 13.8 Å². The first-order chi connectivity index (χ1) is 13.6. The number of nitrogens with zero attached hydrogens (tertiary/aromatic N) is 1. The predicted molar refractivity (Wildman–Crippen MR) is 110 cm³/mol. The molecule has 0 aliphatic rings. The third kappa shape index (κ3) is 5.30. The molecule has 0 bridgehead atoms. The summed E-state index contributed by atoms with van der Waals surface area (Å²) >= 11 is 6.79. The largest absolute Gasteiger partial charge is 0.462 e. The molecule has 1 amide bonds. The van der Waals surface area contributed by atoms with E-state index in [4.69, 9.17) is 16.3 Å². The topological polar surface area (TPSA) is 128 Å². The average molecular weight is 440 g/mol. The van der Waals surface area contributed by atoms with Crippen LogP contribution in [0.2, 0.25) is 5.02 Å². The standard InChI is InChI=1S/C18H18ClN3O6S/c1-4-28-18(25)15-9(2)16(10(3)23)29-17(15)20-8-14(24)21-12-6-5-11(19)7-13(12)22(26)27/h5-7,20H,4,8H2,1-3H3,(H,21,24). The first-order valence-corrected chi connectivity index (χ1v) is 9.64. The van der Waals surface area contributed by atoms with Gasteiger partial charge in [0.2, 0.25) is 5.91 Å². The Labute approximate surface area is 175 Å². The Balaban J connectivity index is 2.20. The Morgan fingerprint density at radius 2 is 2.00 bits per heavy atom. The molecule has 1 heterocycles. The fourth-order valence-corrected chi connectivity index (χ4v) is 3.79. The lowest BCUT2D eigenvalue weighted by molar-refractivity contribution is -0.383. The number of nitrogens with one attached hydrogen (secondary N) is 2. The zero-order valence-corrected chi connectivity index (χ0v) is 17.4. The van der Waals surface area contributed by atoms with Gasteiger partial charge < -0.3 is 15.4 Å². The summed E-state index contributed by atoms with van der Waals surface area (Å²) < 4.78 is 5.03. The zero-order valence-electron chi connectivity index (χ0n) is 15.8. The number of anilines is 2. The van der Waals surface area contributed by atoms with Gasteiger partial charge in [-0.05, 0) is 38.5 Å². The number of Topliss-reactive ketones (excluding diaryl/α,β-unsaturated/α-hetero) is 1. The van der Waals surface area contributed by atoms with E-state index in [0.717, 1.165) is 17.4 Å². The quantitative estimate of drug-likeness (QED) is 0.275. The molecule has 154 valence electrons. The SMILES string of the molecule is CCOC(=O)c1c(NCC(=O)Nc2ccc(Cl)cc2[N+](=O)[O-])sc(C(C)=O)c1C. The van der Waals surface area contributed by atoms with Crippen molar-refractivity contribution in [3.05, 3.63) is 49.3 Å². The first kappa shape index (κ1) is 22.3. The van der Waals surface area contributed by atoms with Crippen LogP contribution in [-0.4, -0.2) is 35.7 Å². The van der Waals surface area contributed by atoms with Crippen molar-refractivity contribution in [1.29, 1.82) is 0 Å². The second-order valence-electron chi connectivity index (χ2n) is 5.86. The van der Waals surface area contributed by atoms with Crippen LogP contribution in [0.1, 0.15) is 39.4 Å². The second-order valence-corrected chi connectivity index (χ2v) is 7.31. The van der Waals surface area contributed by atoms with Crippen molar-refractivity contribution in [1.82, 2.24) is 0 Å². The highest BCUT2D eigenvalue weighted by atomic mass is 35.5. The van der Waals surface area contributed by atoms with Gasteiger partial charge >= 0.3 is 5.97 Å². The summed E-state index contributed by atoms with van der Waals surface area (Å²) in [4.78, 5) is 47.2. The van der Waals surface area contributed by atoms with E-state index in [1.807, 2.05) is 0 Å². The Morgan fingerprint density at radius 1 is 1.31 bits per heavy atom. The Bertz CT molecular complexity index is 988. The van der Waals surface area contributed by atoms with Crippen LogP contribution in [0.15, 0.2) is 18.2 Å². The molecule has 0 aliphatic carbocycles. The highest BCUT2D eigenvalue weighted by molar-refractivity contribution is 7.18. The number of hydrogen-bond donors (Lipinski definition) is 2. The van der Waals surface area contributed by atoms with Gasteiger partial charge in [0.25, 0.3) is 5.69 Å². The maximum absolute atomic E-state index is 12.3. The van der Waals surface area contributed by atoms with Crippen LogP contribution in [0.25, 0.3) is 0 Å². The summed E-state index contributed by atoms with van der Waals surface area (Å²) in [5, 5.41) is 16.8. The van der Waals surface area contributed by atoms with Crippen LogP contribution < -0.4 is 10.6 Å². The Morgan fingerprint density at radius 3 is 2.59 bits per heavy atom. The number of hydrogen-bond acceptors (Lipinski definition) is 8. The number of benzene rings is 1. The molecule has 0 spiro atoms. The molecule has 2 aromatic rings. The number of ether oxygens (including phenoxy) is 1. The van der Waals surface area contributed by atoms with Crippen molar-refractivity contribution in [2.45, 2.75) is 20.8 Å². The number of halogens is 1. The van der Waals surface area contributed by atoms with Gasteiger partial charge in [-0.2, -0.15) is 0 Å². The number of nitro groups is 1. The number of carbonyl (C=O) groups excluding carboxylic acids is 3. The van der Waals surface area contributed by atoms with Crippen molar-refractivity contribution in [2.24, 2.45) is 0 Å². The number of carbonyl (C=O) groups is 3. The molecule has 0 fully saturated rings. The Hall–Kier alpha value is -2.98. The number of esters is 1. The van der Waals surface area contributed by atoms with Crippen LogP contribution in [0, 0.1) is 17.0 Å². The molecule has 0 unspecified atom stereocenters. The van der Waals surface area contributed by atoms with Gasteiger partial charge in [-0.1, -0.05) is 11.6 Å². The molecule has 0 aliphatic heterocycles. The molecule has 11 heteroatoms. The van der Waals surface area contributed by atoms with Crippen LogP contribution in [0.3, 0.4) is 0 Å². The highest BCUT2D eigenvalue weighted by Crippen LogP contribution is 2.34. The third-order valence-corrected chi connectivity index (χ3v) is 5.37. The summed E-state index contributed by atoms with van der Waals surface area (Å²) in [7, 11) is 0. The minimum absolute atomic E-state index is 0.0106. The molecule has 0 saturated heterocycles. The van der Waals surface area contributed by atoms with E-state index < -0.39 is 16.8 Å². The molecular formula is C18H18ClN3O6S. The lowest BCUT2D eigenvalue weighted by Crippen LogP contribution is -2.22. The van der Waals surface area contributed by atoms with Crippen LogP contribution >= 0.6 is 22.9 Å². The lowest BCUT2D eigenvalue weighted by atomic mass is 10.1. The molecule has 0 saturated carbocycles. The monoisotopic (exact) mass is 439 g/mol. The van der Waals surface area contributed by atoms with Gasteiger partial charge in [-0.25, -0.2) is 4.79 Å². The summed E-state index contributed by atoms with van der Waals surface area (Å²) in [5.74, 6) is -1.40. The second kappa shape index (κ2) is 9.48. The van der Waals surface area contributed by atoms with E-state index in [1.165, 1.54) is 19.1 Å². The van der Waals surface area contributed by atoms with Crippen molar-refractivity contribution < 1.29 is 24.0 Å². The van der Waals surface area contributed by atoms with Gasteiger partial charge in [0.15, 0.2) is 5.78 Å². The number of thiophene rings is 1. The number of nitro benzene ring substituents is 1. The number of amides is 1. The molecule has 9 nitrogen and oxygen atoms in total. The van der Waals surface area contributed by atoms with Gasteiger partial charge in [0, 0.05) is 11.1 Å². The van der Waals surface area contributed by atoms with E-state index in [0.29, 0.717) is 15.4 Å². The molecule has 2 N–H and O–H groups in total. The summed E-state index contributed by atoms with van der Waals surface area (Å²) in [6.45, 7) is 4.53. The van der Waals surface area contributed by atoms with Gasteiger partial charge in [0.1, 0.15) is 10.7 Å². The lowest BCUT2D eigenvalue weighted by Gasteiger charge is -2.09. The van der Waals surface area contributed by atoms with Crippen molar-refractivity contribution in [2.75, 3.05) is 23.8 Å². The average Bonchev–Trinajstić information content (AvgIpc) is 2.98. The minimum atomic E-state index is -0.657. The van der Waals surface area contributed by atoms with Gasteiger partial charge in [-0.3, -0.25) is 19.7 Å². The van der Waals surface area contributed by atoms with Crippen molar-refractivity contribution in [3.63, 3.8) is 0 Å². The molecule has 1 aromatic heterocycles. The van der Waals surface area contributed by atoms with E-state index >= 15 is 0 Å². The molecule has 0 radical (unpaired) electrons. The molecule has 0 atom stereocenters. The molecular weight excluding hydrogens is 422 g/mol. The first-order valence-electron chi connectivity index (χ1n) is 8.44. The van der Waals surface area contributed by atoms with Crippen LogP contribution in [0.5, 0.6) is 0 Å². The molecule has 2 rings (SSSR count). The fraction of sp³-hybridized carbons (Fsp3) is 0.278. The third-order valence-electron chi connectivity index (χ3n) is 3.79. The number of ketones is 1. The van der Waals surface area contributed by atoms with Gasteiger partial charge in [0.05, 0.1) is 28.5 Å². The van der Waals surface area contributed by atoms with Crippen LogP contribution in [-0.2, 0) is 9.53 Å². The smallest absolute Gasteiger partial charge is 0.341 e. The normalized spacial score (nSPS) is 10.3. The minimum Gasteiger partial charge on any atom is -0.462 e. The summed E-state index contributed by atoms with van der Waals surface area (Å²) in [6.07, 6.45) is 0. The van der Waals surface area contributed by atoms with E-state index in [9.17, 15) is 24.5 Å². The Kier molecular flexibility index (Phi) is 7.29.